The summed E-state index contributed by atoms with van der Waals surface area (Å²) in [6.07, 6.45) is 5.32. The van der Waals surface area contributed by atoms with E-state index in [1.165, 1.54) is 6.07 Å². The Morgan fingerprint density at radius 2 is 2.32 bits per heavy atom. The molecule has 3 heterocycles. The Bertz CT molecular complexity index is 660. The van der Waals surface area contributed by atoms with E-state index in [9.17, 15) is 9.18 Å². The van der Waals surface area contributed by atoms with Gasteiger partial charge >= 0.3 is 6.03 Å². The summed E-state index contributed by atoms with van der Waals surface area (Å²) in [6, 6.07) is 2.85. The van der Waals surface area contributed by atoms with E-state index in [0.717, 1.165) is 12.6 Å². The van der Waals surface area contributed by atoms with E-state index in [1.54, 1.807) is 28.0 Å². The highest BCUT2D eigenvalue weighted by atomic mass is 35.5. The molecule has 116 valence electrons. The van der Waals surface area contributed by atoms with Crippen LogP contribution in [-0.2, 0) is 6.54 Å². The molecule has 1 aliphatic rings. The minimum Gasteiger partial charge on any atom is -0.332 e. The number of halogens is 2. The summed E-state index contributed by atoms with van der Waals surface area (Å²) in [5.41, 5.74) is 0.615. The number of likely N-dealkylation sites (tertiary alicyclic amines) is 1. The number of hydrogen-bond donors (Lipinski definition) is 1. The number of carbonyl (C=O) groups excluding carboxylic acids is 1. The number of urea groups is 1. The molecule has 1 atom stereocenters. The molecule has 0 aliphatic carbocycles. The van der Waals surface area contributed by atoms with E-state index in [-0.39, 0.29) is 18.6 Å². The highest BCUT2D eigenvalue weighted by Gasteiger charge is 2.27. The number of nitrogens with zero attached hydrogens (tertiary/aromatic N) is 4. The van der Waals surface area contributed by atoms with E-state index in [0.29, 0.717) is 23.8 Å². The molecule has 2 aromatic heterocycles. The summed E-state index contributed by atoms with van der Waals surface area (Å²) in [5.74, 6) is -0.393. The summed E-state index contributed by atoms with van der Waals surface area (Å²) >= 11 is 5.86. The molecule has 0 saturated carbocycles. The second-order valence-electron chi connectivity index (χ2n) is 5.15. The van der Waals surface area contributed by atoms with Crippen molar-refractivity contribution in [3.8, 4) is 0 Å². The Kier molecular flexibility index (Phi) is 4.24. The molecule has 2 aromatic rings. The van der Waals surface area contributed by atoms with Gasteiger partial charge in [0.15, 0.2) is 0 Å². The largest absolute Gasteiger partial charge is 0.332 e. The highest BCUT2D eigenvalue weighted by Crippen LogP contribution is 2.22. The normalized spacial score (nSPS) is 17.7. The van der Waals surface area contributed by atoms with Crippen LogP contribution in [0.1, 0.15) is 18.2 Å². The van der Waals surface area contributed by atoms with Crippen LogP contribution in [-0.4, -0.2) is 38.8 Å². The summed E-state index contributed by atoms with van der Waals surface area (Å²) in [4.78, 5) is 17.8. The van der Waals surface area contributed by atoms with Crippen molar-refractivity contribution in [2.24, 2.45) is 0 Å². The van der Waals surface area contributed by atoms with Crippen LogP contribution in [0.25, 0.3) is 0 Å². The number of rotatable bonds is 3. The summed E-state index contributed by atoms with van der Waals surface area (Å²) in [7, 11) is 0. The van der Waals surface area contributed by atoms with Crippen molar-refractivity contribution < 1.29 is 9.18 Å². The van der Waals surface area contributed by atoms with Crippen LogP contribution in [0, 0.1) is 5.82 Å². The van der Waals surface area contributed by atoms with Crippen molar-refractivity contribution in [2.45, 2.75) is 19.0 Å². The number of nitrogens with one attached hydrogen (secondary N) is 1. The number of carbonyl (C=O) groups is 1. The maximum atomic E-state index is 12.8. The van der Waals surface area contributed by atoms with E-state index < -0.39 is 5.82 Å². The summed E-state index contributed by atoms with van der Waals surface area (Å²) in [5, 5.41) is 7.55. The predicted molar refractivity (Wildman–Crippen MR) is 78.9 cm³/mol. The minimum atomic E-state index is -0.393. The topological polar surface area (TPSA) is 63.1 Å². The van der Waals surface area contributed by atoms with Crippen molar-refractivity contribution in [1.82, 2.24) is 25.0 Å². The monoisotopic (exact) mass is 323 g/mol. The Labute approximate surface area is 131 Å². The van der Waals surface area contributed by atoms with Crippen LogP contribution in [0.3, 0.4) is 0 Å². The zero-order valence-corrected chi connectivity index (χ0v) is 12.5. The molecule has 22 heavy (non-hydrogen) atoms. The molecule has 0 aromatic carbocycles. The first-order valence-electron chi connectivity index (χ1n) is 6.94. The first kappa shape index (κ1) is 14.8. The first-order chi connectivity index (χ1) is 10.6. The van der Waals surface area contributed by atoms with E-state index in [2.05, 4.69) is 15.4 Å². The van der Waals surface area contributed by atoms with Gasteiger partial charge in [0, 0.05) is 19.3 Å². The molecule has 3 rings (SSSR count). The maximum Gasteiger partial charge on any atom is 0.317 e. The van der Waals surface area contributed by atoms with Gasteiger partial charge in [0.1, 0.15) is 5.82 Å². The Morgan fingerprint density at radius 3 is 3.00 bits per heavy atom. The second-order valence-corrected chi connectivity index (χ2v) is 5.59. The molecule has 1 unspecified atom stereocenters. The van der Waals surface area contributed by atoms with Gasteiger partial charge < -0.3 is 10.2 Å². The molecule has 1 aliphatic heterocycles. The third kappa shape index (κ3) is 3.36. The number of amides is 2. The Morgan fingerprint density at radius 1 is 1.45 bits per heavy atom. The fourth-order valence-corrected chi connectivity index (χ4v) is 2.59. The maximum absolute atomic E-state index is 12.8. The van der Waals surface area contributed by atoms with Gasteiger partial charge in [0.2, 0.25) is 0 Å². The van der Waals surface area contributed by atoms with Gasteiger partial charge in [-0.2, -0.15) is 5.10 Å². The van der Waals surface area contributed by atoms with Crippen LogP contribution < -0.4 is 5.32 Å². The van der Waals surface area contributed by atoms with Crippen molar-refractivity contribution in [3.05, 3.63) is 47.3 Å². The van der Waals surface area contributed by atoms with Crippen molar-refractivity contribution in [1.29, 1.82) is 0 Å². The standard InChI is InChI=1S/C14H15ClFN5O/c15-10-5-19-21(8-10)13-3-4-20(9-13)14(22)18-7-12-2-1-11(16)6-17-12/h1-2,5-6,8,13H,3-4,7,9H2,(H,18,22). The molecular weight excluding hydrogens is 309 g/mol. The Hall–Kier alpha value is -2.15. The summed E-state index contributed by atoms with van der Waals surface area (Å²) < 4.78 is 14.6. The van der Waals surface area contributed by atoms with Crippen LogP contribution >= 0.6 is 11.6 Å². The SMILES string of the molecule is O=C(NCc1ccc(F)cn1)N1CCC(n2cc(Cl)cn2)C1. The van der Waals surface area contributed by atoms with Crippen molar-refractivity contribution in [2.75, 3.05) is 13.1 Å². The molecule has 1 N–H and O–H groups in total. The van der Waals surface area contributed by atoms with Gasteiger partial charge in [-0.05, 0) is 18.6 Å². The average molecular weight is 324 g/mol. The van der Waals surface area contributed by atoms with Gasteiger partial charge in [-0.3, -0.25) is 9.67 Å². The van der Waals surface area contributed by atoms with Crippen LogP contribution in [0.4, 0.5) is 9.18 Å². The van der Waals surface area contributed by atoms with Gasteiger partial charge in [0.25, 0.3) is 0 Å². The lowest BCUT2D eigenvalue weighted by Gasteiger charge is -2.17. The zero-order chi connectivity index (χ0) is 15.5. The average Bonchev–Trinajstić information content (AvgIpc) is 3.15. The fraction of sp³-hybridized carbons (Fsp3) is 0.357. The molecule has 1 fully saturated rings. The third-order valence-corrected chi connectivity index (χ3v) is 3.80. The fourth-order valence-electron chi connectivity index (χ4n) is 2.45. The number of hydrogen-bond acceptors (Lipinski definition) is 3. The zero-order valence-electron chi connectivity index (χ0n) is 11.7. The van der Waals surface area contributed by atoms with E-state index in [4.69, 9.17) is 11.6 Å². The molecular formula is C14H15ClFN5O. The van der Waals surface area contributed by atoms with Crippen LogP contribution in [0.15, 0.2) is 30.7 Å². The van der Waals surface area contributed by atoms with Gasteiger partial charge in [-0.1, -0.05) is 11.6 Å². The van der Waals surface area contributed by atoms with Gasteiger partial charge in [-0.15, -0.1) is 0 Å². The molecule has 8 heteroatoms. The first-order valence-corrected chi connectivity index (χ1v) is 7.32. The quantitative estimate of drug-likeness (QED) is 0.942. The summed E-state index contributed by atoms with van der Waals surface area (Å²) in [6.45, 7) is 1.51. The second kappa shape index (κ2) is 6.31. The van der Waals surface area contributed by atoms with E-state index >= 15 is 0 Å². The van der Waals surface area contributed by atoms with Crippen LogP contribution in [0.5, 0.6) is 0 Å². The molecule has 0 bridgehead atoms. The lowest BCUT2D eigenvalue weighted by Crippen LogP contribution is -2.38. The predicted octanol–water partition coefficient (Wildman–Crippen LogP) is 2.23. The number of aromatic nitrogens is 3. The van der Waals surface area contributed by atoms with Crippen LogP contribution in [0.2, 0.25) is 5.02 Å². The number of pyridine rings is 1. The molecule has 6 nitrogen and oxygen atoms in total. The third-order valence-electron chi connectivity index (χ3n) is 3.60. The highest BCUT2D eigenvalue weighted by molar-refractivity contribution is 6.30. The van der Waals surface area contributed by atoms with E-state index in [1.807, 2.05) is 0 Å². The smallest absolute Gasteiger partial charge is 0.317 e. The molecule has 0 radical (unpaired) electrons. The van der Waals surface area contributed by atoms with Crippen molar-refractivity contribution in [3.63, 3.8) is 0 Å². The molecule has 2 amide bonds. The lowest BCUT2D eigenvalue weighted by atomic mass is 10.3. The molecule has 1 saturated heterocycles. The van der Waals surface area contributed by atoms with Gasteiger partial charge in [-0.25, -0.2) is 9.18 Å². The lowest BCUT2D eigenvalue weighted by molar-refractivity contribution is 0.206. The molecule has 0 spiro atoms. The Balaban J connectivity index is 1.52. The minimum absolute atomic E-state index is 0.141. The van der Waals surface area contributed by atoms with Crippen molar-refractivity contribution >= 4 is 17.6 Å². The van der Waals surface area contributed by atoms with Gasteiger partial charge in [0.05, 0.1) is 35.7 Å².